The van der Waals surface area contributed by atoms with Crippen LogP contribution in [-0.2, 0) is 0 Å². The van der Waals surface area contributed by atoms with Crippen molar-refractivity contribution in [2.75, 3.05) is 25.0 Å². The van der Waals surface area contributed by atoms with E-state index in [9.17, 15) is 0 Å². The lowest BCUT2D eigenvalue weighted by Crippen LogP contribution is -2.42. The lowest BCUT2D eigenvalue weighted by atomic mass is 10.0. The summed E-state index contributed by atoms with van der Waals surface area (Å²) in [5, 5.41) is 12.4. The van der Waals surface area contributed by atoms with E-state index in [1.54, 1.807) is 0 Å². The fourth-order valence-electron chi connectivity index (χ4n) is 2.21. The van der Waals surface area contributed by atoms with Crippen LogP contribution in [-0.4, -0.2) is 25.7 Å². The van der Waals surface area contributed by atoms with E-state index in [0.29, 0.717) is 0 Å². The van der Waals surface area contributed by atoms with Crippen LogP contribution in [0.1, 0.15) is 18.9 Å². The van der Waals surface area contributed by atoms with Crippen LogP contribution in [0, 0.1) is 11.3 Å². The van der Waals surface area contributed by atoms with Crippen LogP contribution in [0.15, 0.2) is 24.3 Å². The van der Waals surface area contributed by atoms with Crippen molar-refractivity contribution in [1.82, 2.24) is 5.32 Å². The maximum absolute atomic E-state index is 9.07. The van der Waals surface area contributed by atoms with Gasteiger partial charge in [0.2, 0.25) is 0 Å². The minimum atomic E-state index is 0.169. The van der Waals surface area contributed by atoms with E-state index in [1.165, 1.54) is 0 Å². The van der Waals surface area contributed by atoms with Crippen molar-refractivity contribution in [3.63, 3.8) is 0 Å². The van der Waals surface area contributed by atoms with E-state index in [0.717, 1.165) is 30.8 Å². The summed E-state index contributed by atoms with van der Waals surface area (Å²) in [7, 11) is 2.00. The Kier molecular flexibility index (Phi) is 2.84. The van der Waals surface area contributed by atoms with E-state index in [1.807, 2.05) is 31.3 Å². The molecule has 0 radical (unpaired) electrons. The monoisotopic (exact) mass is 215 g/mol. The van der Waals surface area contributed by atoms with Crippen molar-refractivity contribution in [2.24, 2.45) is 0 Å². The van der Waals surface area contributed by atoms with Crippen LogP contribution in [0.25, 0.3) is 0 Å². The molecule has 0 amide bonds. The zero-order valence-corrected chi connectivity index (χ0v) is 9.83. The number of para-hydroxylation sites is 1. The van der Waals surface area contributed by atoms with Gasteiger partial charge in [0.1, 0.15) is 6.07 Å². The standard InChI is InChI=1S/C13H17N3/c1-13(15-2)7-8-16(10-13)12-6-4-3-5-11(12)9-14/h3-6,15H,7-8,10H2,1-2H3. The van der Waals surface area contributed by atoms with Crippen LogP contribution < -0.4 is 10.2 Å². The maximum atomic E-state index is 9.07. The van der Waals surface area contributed by atoms with Crippen molar-refractivity contribution in [2.45, 2.75) is 18.9 Å². The molecule has 2 rings (SSSR count). The minimum Gasteiger partial charge on any atom is -0.369 e. The van der Waals surface area contributed by atoms with Crippen LogP contribution in [0.4, 0.5) is 5.69 Å². The van der Waals surface area contributed by atoms with Gasteiger partial charge in [-0.3, -0.25) is 0 Å². The predicted octanol–water partition coefficient (Wildman–Crippen LogP) is 1.75. The van der Waals surface area contributed by atoms with Crippen molar-refractivity contribution in [3.8, 4) is 6.07 Å². The van der Waals surface area contributed by atoms with Crippen molar-refractivity contribution >= 4 is 5.69 Å². The van der Waals surface area contributed by atoms with E-state index in [2.05, 4.69) is 23.2 Å². The largest absolute Gasteiger partial charge is 0.369 e. The average Bonchev–Trinajstić information content (AvgIpc) is 2.73. The maximum Gasteiger partial charge on any atom is 0.101 e. The third-order valence-corrected chi connectivity index (χ3v) is 3.44. The first-order valence-electron chi connectivity index (χ1n) is 5.61. The van der Waals surface area contributed by atoms with Gasteiger partial charge in [-0.1, -0.05) is 12.1 Å². The van der Waals surface area contributed by atoms with Gasteiger partial charge < -0.3 is 10.2 Å². The Morgan fingerprint density at radius 3 is 2.81 bits per heavy atom. The molecule has 1 aromatic carbocycles. The molecule has 1 saturated heterocycles. The molecule has 1 aliphatic rings. The number of hydrogen-bond donors (Lipinski definition) is 1. The van der Waals surface area contributed by atoms with E-state index in [-0.39, 0.29) is 5.54 Å². The number of hydrogen-bond acceptors (Lipinski definition) is 3. The molecule has 1 unspecified atom stereocenters. The molecular weight excluding hydrogens is 198 g/mol. The molecule has 84 valence electrons. The predicted molar refractivity (Wildman–Crippen MR) is 65.5 cm³/mol. The number of nitriles is 1. The highest BCUT2D eigenvalue weighted by atomic mass is 15.2. The number of rotatable bonds is 2. The first-order valence-corrected chi connectivity index (χ1v) is 5.61. The molecule has 0 aromatic heterocycles. The second kappa shape index (κ2) is 4.15. The van der Waals surface area contributed by atoms with Crippen molar-refractivity contribution in [1.29, 1.82) is 5.26 Å². The SMILES string of the molecule is CNC1(C)CCN(c2ccccc2C#N)C1. The molecule has 3 nitrogen and oxygen atoms in total. The fourth-order valence-corrected chi connectivity index (χ4v) is 2.21. The first-order chi connectivity index (χ1) is 7.68. The molecule has 1 N–H and O–H groups in total. The van der Waals surface area contributed by atoms with Crippen molar-refractivity contribution in [3.05, 3.63) is 29.8 Å². The van der Waals surface area contributed by atoms with Crippen LogP contribution >= 0.6 is 0 Å². The Morgan fingerprint density at radius 1 is 1.44 bits per heavy atom. The van der Waals surface area contributed by atoms with E-state index < -0.39 is 0 Å². The second-order valence-electron chi connectivity index (χ2n) is 4.61. The number of benzene rings is 1. The van der Waals surface area contributed by atoms with Gasteiger partial charge in [-0.15, -0.1) is 0 Å². The Bertz CT molecular complexity index is 421. The number of likely N-dealkylation sites (N-methyl/N-ethyl adjacent to an activating group) is 1. The third-order valence-electron chi connectivity index (χ3n) is 3.44. The summed E-state index contributed by atoms with van der Waals surface area (Å²) in [6.45, 7) is 4.19. The lowest BCUT2D eigenvalue weighted by molar-refractivity contribution is 0.428. The summed E-state index contributed by atoms with van der Waals surface area (Å²) >= 11 is 0. The highest BCUT2D eigenvalue weighted by Gasteiger charge is 2.32. The number of anilines is 1. The van der Waals surface area contributed by atoms with Gasteiger partial charge >= 0.3 is 0 Å². The molecule has 1 aromatic rings. The highest BCUT2D eigenvalue weighted by molar-refractivity contribution is 5.60. The molecule has 1 heterocycles. The second-order valence-corrected chi connectivity index (χ2v) is 4.61. The first kappa shape index (κ1) is 11.0. The Morgan fingerprint density at radius 2 is 2.19 bits per heavy atom. The van der Waals surface area contributed by atoms with Crippen LogP contribution in [0.2, 0.25) is 0 Å². The Labute approximate surface area is 96.7 Å². The molecule has 16 heavy (non-hydrogen) atoms. The molecule has 0 spiro atoms. The third kappa shape index (κ3) is 1.89. The zero-order valence-electron chi connectivity index (χ0n) is 9.83. The molecule has 1 aliphatic heterocycles. The average molecular weight is 215 g/mol. The lowest BCUT2D eigenvalue weighted by Gasteiger charge is -2.25. The molecule has 1 atom stereocenters. The summed E-state index contributed by atoms with van der Waals surface area (Å²) in [5.74, 6) is 0. The molecule has 0 saturated carbocycles. The highest BCUT2D eigenvalue weighted by Crippen LogP contribution is 2.28. The van der Waals surface area contributed by atoms with E-state index >= 15 is 0 Å². The quantitative estimate of drug-likeness (QED) is 0.817. The summed E-state index contributed by atoms with van der Waals surface area (Å²) < 4.78 is 0. The molecular formula is C13H17N3. The van der Waals surface area contributed by atoms with Gasteiger partial charge in [-0.2, -0.15) is 5.26 Å². The van der Waals surface area contributed by atoms with Gasteiger partial charge in [-0.25, -0.2) is 0 Å². The summed E-state index contributed by atoms with van der Waals surface area (Å²) in [4.78, 5) is 2.29. The Balaban J connectivity index is 2.24. The summed E-state index contributed by atoms with van der Waals surface area (Å²) in [6.07, 6.45) is 1.11. The molecule has 3 heteroatoms. The minimum absolute atomic E-state index is 0.169. The molecule has 0 bridgehead atoms. The van der Waals surface area contributed by atoms with Crippen molar-refractivity contribution < 1.29 is 0 Å². The van der Waals surface area contributed by atoms with Crippen LogP contribution in [0.5, 0.6) is 0 Å². The topological polar surface area (TPSA) is 39.1 Å². The van der Waals surface area contributed by atoms with Gasteiger partial charge in [0.25, 0.3) is 0 Å². The number of nitrogens with zero attached hydrogens (tertiary/aromatic N) is 2. The Hall–Kier alpha value is -1.53. The summed E-state index contributed by atoms with van der Waals surface area (Å²) in [5.41, 5.74) is 1.99. The number of nitrogens with one attached hydrogen (secondary N) is 1. The zero-order chi connectivity index (χ0) is 11.6. The van der Waals surface area contributed by atoms with Gasteiger partial charge in [-0.05, 0) is 32.5 Å². The smallest absolute Gasteiger partial charge is 0.101 e. The van der Waals surface area contributed by atoms with Gasteiger partial charge in [0, 0.05) is 18.6 Å². The van der Waals surface area contributed by atoms with Gasteiger partial charge in [0.15, 0.2) is 0 Å². The normalized spacial score (nSPS) is 24.4. The fraction of sp³-hybridized carbons (Fsp3) is 0.462. The van der Waals surface area contributed by atoms with Crippen LogP contribution in [0.3, 0.4) is 0 Å². The molecule has 1 fully saturated rings. The summed E-state index contributed by atoms with van der Waals surface area (Å²) in [6, 6.07) is 10.1. The molecule has 0 aliphatic carbocycles. The van der Waals surface area contributed by atoms with Gasteiger partial charge in [0.05, 0.1) is 11.3 Å². The van der Waals surface area contributed by atoms with E-state index in [4.69, 9.17) is 5.26 Å².